The molecule has 0 amide bonds. The van der Waals surface area contributed by atoms with Crippen molar-refractivity contribution in [1.82, 2.24) is 0 Å². The molecule has 0 aromatic rings. The van der Waals surface area contributed by atoms with Crippen molar-refractivity contribution in [3.05, 3.63) is 23.8 Å². The second kappa shape index (κ2) is 6.01. The summed E-state index contributed by atoms with van der Waals surface area (Å²) in [4.78, 5) is 0. The molecule has 0 fully saturated rings. The summed E-state index contributed by atoms with van der Waals surface area (Å²) in [5, 5.41) is 0. The molecular weight excluding hydrogens is 156 g/mol. The smallest absolute Gasteiger partial charge is 0.00232 e. The molecule has 1 aliphatic carbocycles. The summed E-state index contributed by atoms with van der Waals surface area (Å²) in [6.07, 6.45) is 15.0. The summed E-state index contributed by atoms with van der Waals surface area (Å²) in [6.45, 7) is 4.51. The van der Waals surface area contributed by atoms with E-state index in [0.717, 1.165) is 5.92 Å². The van der Waals surface area contributed by atoms with Crippen molar-refractivity contribution in [3.8, 4) is 0 Å². The third-order valence-electron chi connectivity index (χ3n) is 2.74. The predicted molar refractivity (Wildman–Crippen MR) is 59.8 cm³/mol. The molecular formula is C13H22. The van der Waals surface area contributed by atoms with E-state index in [-0.39, 0.29) is 0 Å². The van der Waals surface area contributed by atoms with Gasteiger partial charge in [-0.25, -0.2) is 0 Å². The Morgan fingerprint density at radius 2 is 2.31 bits per heavy atom. The number of allylic oxidation sites excluding steroid dienone is 4. The number of hydrogen-bond donors (Lipinski definition) is 0. The molecule has 13 heavy (non-hydrogen) atoms. The predicted octanol–water partition coefficient (Wildman–Crippen LogP) is 4.48. The maximum absolute atomic E-state index is 2.43. The van der Waals surface area contributed by atoms with E-state index in [0.29, 0.717) is 0 Å². The Balaban J connectivity index is 2.57. The Bertz CT molecular complexity index is 186. The fourth-order valence-electron chi connectivity index (χ4n) is 2.11. The van der Waals surface area contributed by atoms with Gasteiger partial charge in [-0.15, -0.1) is 0 Å². The van der Waals surface area contributed by atoms with E-state index in [2.05, 4.69) is 32.1 Å². The van der Waals surface area contributed by atoms with Gasteiger partial charge in [-0.1, -0.05) is 44.1 Å². The largest absolute Gasteiger partial charge is 0.0879 e. The van der Waals surface area contributed by atoms with E-state index in [1.807, 2.05) is 0 Å². The summed E-state index contributed by atoms with van der Waals surface area (Å²) in [5.74, 6) is 0.772. The first-order valence-corrected chi connectivity index (χ1v) is 5.74. The lowest BCUT2D eigenvalue weighted by molar-refractivity contribution is 0.581. The van der Waals surface area contributed by atoms with E-state index < -0.39 is 0 Å². The standard InChI is InChI=1S/C13H22/c1-3-8-12(9-4-2)13-10-6-5-7-11-13/h6,8,10,13H,3-5,7,9,11H2,1-2H3/b12-8+. The Morgan fingerprint density at radius 3 is 2.85 bits per heavy atom. The number of hydrogen-bond acceptors (Lipinski definition) is 0. The first-order valence-electron chi connectivity index (χ1n) is 5.74. The van der Waals surface area contributed by atoms with Gasteiger partial charge in [0.2, 0.25) is 0 Å². The van der Waals surface area contributed by atoms with Gasteiger partial charge < -0.3 is 0 Å². The fourth-order valence-corrected chi connectivity index (χ4v) is 2.11. The lowest BCUT2D eigenvalue weighted by atomic mass is 9.86. The summed E-state index contributed by atoms with van der Waals surface area (Å²) < 4.78 is 0. The molecule has 0 aliphatic heterocycles. The molecule has 0 saturated carbocycles. The highest BCUT2D eigenvalue weighted by Gasteiger charge is 2.11. The van der Waals surface area contributed by atoms with Gasteiger partial charge in [-0.3, -0.25) is 0 Å². The zero-order valence-corrected chi connectivity index (χ0v) is 9.05. The SMILES string of the molecule is CC/C=C(\CCC)C1C=CCCC1. The van der Waals surface area contributed by atoms with Crippen LogP contribution >= 0.6 is 0 Å². The Morgan fingerprint density at radius 1 is 1.46 bits per heavy atom. The Kier molecular flexibility index (Phi) is 4.88. The van der Waals surface area contributed by atoms with Crippen LogP contribution in [0, 0.1) is 5.92 Å². The van der Waals surface area contributed by atoms with Gasteiger partial charge in [0.1, 0.15) is 0 Å². The van der Waals surface area contributed by atoms with Crippen LogP contribution in [0.3, 0.4) is 0 Å². The fraction of sp³-hybridized carbons (Fsp3) is 0.692. The van der Waals surface area contributed by atoms with Gasteiger partial charge >= 0.3 is 0 Å². The highest BCUT2D eigenvalue weighted by Crippen LogP contribution is 2.27. The molecule has 0 N–H and O–H groups in total. The molecule has 1 unspecified atom stereocenters. The first-order chi connectivity index (χ1) is 6.38. The van der Waals surface area contributed by atoms with E-state index in [1.54, 1.807) is 5.57 Å². The molecule has 74 valence electrons. The van der Waals surface area contributed by atoms with Crippen LogP contribution in [-0.4, -0.2) is 0 Å². The van der Waals surface area contributed by atoms with Crippen LogP contribution in [0.15, 0.2) is 23.8 Å². The van der Waals surface area contributed by atoms with Gasteiger partial charge in [-0.2, -0.15) is 0 Å². The summed E-state index contributed by atoms with van der Waals surface area (Å²) in [7, 11) is 0. The minimum Gasteiger partial charge on any atom is -0.0879 e. The van der Waals surface area contributed by atoms with Crippen LogP contribution in [0.1, 0.15) is 52.4 Å². The maximum atomic E-state index is 2.43. The van der Waals surface area contributed by atoms with Gasteiger partial charge in [0.05, 0.1) is 0 Å². The maximum Gasteiger partial charge on any atom is -0.00232 e. The molecule has 1 rings (SSSR count). The molecule has 0 nitrogen and oxygen atoms in total. The highest BCUT2D eigenvalue weighted by atomic mass is 14.2. The molecule has 0 heterocycles. The third-order valence-corrected chi connectivity index (χ3v) is 2.74. The zero-order valence-electron chi connectivity index (χ0n) is 9.05. The van der Waals surface area contributed by atoms with Crippen molar-refractivity contribution in [2.24, 2.45) is 5.92 Å². The normalized spacial score (nSPS) is 23.5. The quantitative estimate of drug-likeness (QED) is 0.557. The van der Waals surface area contributed by atoms with E-state index in [4.69, 9.17) is 0 Å². The van der Waals surface area contributed by atoms with Crippen LogP contribution in [0.2, 0.25) is 0 Å². The van der Waals surface area contributed by atoms with E-state index >= 15 is 0 Å². The highest BCUT2D eigenvalue weighted by molar-refractivity contribution is 5.15. The van der Waals surface area contributed by atoms with Crippen LogP contribution in [-0.2, 0) is 0 Å². The van der Waals surface area contributed by atoms with Gasteiger partial charge in [0.15, 0.2) is 0 Å². The molecule has 0 aromatic heterocycles. The van der Waals surface area contributed by atoms with Crippen molar-refractivity contribution >= 4 is 0 Å². The Hall–Kier alpha value is -0.520. The van der Waals surface area contributed by atoms with E-state index in [1.165, 1.54) is 38.5 Å². The molecule has 0 heteroatoms. The van der Waals surface area contributed by atoms with E-state index in [9.17, 15) is 0 Å². The van der Waals surface area contributed by atoms with Crippen molar-refractivity contribution in [1.29, 1.82) is 0 Å². The number of rotatable bonds is 4. The monoisotopic (exact) mass is 178 g/mol. The third kappa shape index (κ3) is 3.38. The minimum atomic E-state index is 0.772. The zero-order chi connectivity index (χ0) is 9.52. The average molecular weight is 178 g/mol. The summed E-state index contributed by atoms with van der Waals surface area (Å²) >= 11 is 0. The molecule has 0 radical (unpaired) electrons. The molecule has 1 aliphatic rings. The average Bonchev–Trinajstić information content (AvgIpc) is 2.19. The van der Waals surface area contributed by atoms with Crippen LogP contribution in [0.25, 0.3) is 0 Å². The Labute approximate surface area is 82.7 Å². The van der Waals surface area contributed by atoms with Crippen molar-refractivity contribution in [3.63, 3.8) is 0 Å². The van der Waals surface area contributed by atoms with Crippen LogP contribution in [0.4, 0.5) is 0 Å². The summed E-state index contributed by atoms with van der Waals surface area (Å²) in [6, 6.07) is 0. The second-order valence-corrected chi connectivity index (χ2v) is 3.90. The first kappa shape index (κ1) is 10.6. The lowest BCUT2D eigenvalue weighted by Crippen LogP contribution is -2.04. The lowest BCUT2D eigenvalue weighted by Gasteiger charge is -2.19. The van der Waals surface area contributed by atoms with Gasteiger partial charge in [0.25, 0.3) is 0 Å². The van der Waals surface area contributed by atoms with Crippen LogP contribution in [0.5, 0.6) is 0 Å². The molecule has 0 saturated heterocycles. The molecule has 0 bridgehead atoms. The summed E-state index contributed by atoms with van der Waals surface area (Å²) in [5.41, 5.74) is 1.68. The second-order valence-electron chi connectivity index (χ2n) is 3.90. The van der Waals surface area contributed by atoms with Crippen LogP contribution < -0.4 is 0 Å². The van der Waals surface area contributed by atoms with Gasteiger partial charge in [-0.05, 0) is 38.0 Å². The van der Waals surface area contributed by atoms with Crippen molar-refractivity contribution in [2.75, 3.05) is 0 Å². The molecule has 1 atom stereocenters. The molecule has 0 spiro atoms. The topological polar surface area (TPSA) is 0 Å². The van der Waals surface area contributed by atoms with Gasteiger partial charge in [0, 0.05) is 0 Å². The van der Waals surface area contributed by atoms with Crippen molar-refractivity contribution in [2.45, 2.75) is 52.4 Å². The molecule has 0 aromatic carbocycles. The van der Waals surface area contributed by atoms with Crippen molar-refractivity contribution < 1.29 is 0 Å². The minimum absolute atomic E-state index is 0.772.